The summed E-state index contributed by atoms with van der Waals surface area (Å²) >= 11 is 0. The predicted octanol–water partition coefficient (Wildman–Crippen LogP) is 5.20. The van der Waals surface area contributed by atoms with E-state index >= 15 is 0 Å². The second-order valence-corrected chi connectivity index (χ2v) is 13.5. The number of alkyl carbamates (subject to hydrolysis) is 1. The van der Waals surface area contributed by atoms with Crippen LogP contribution in [0.5, 0.6) is 0 Å². The van der Waals surface area contributed by atoms with Crippen molar-refractivity contribution in [3.05, 3.63) is 35.9 Å². The molecule has 1 aromatic carbocycles. The minimum absolute atomic E-state index is 0.0845. The molecule has 0 radical (unpaired) electrons. The summed E-state index contributed by atoms with van der Waals surface area (Å²) < 4.78 is 5.54. The van der Waals surface area contributed by atoms with Crippen LogP contribution in [0.2, 0.25) is 0 Å². The maximum atomic E-state index is 13.5. The van der Waals surface area contributed by atoms with Gasteiger partial charge in [0.15, 0.2) is 0 Å². The molecule has 7 nitrogen and oxygen atoms in total. The number of carbonyl (C=O) groups is 2. The number of ether oxygens (including phenoxy) is 1. The molecule has 2 atom stereocenters. The molecule has 2 amide bonds. The Kier molecular flexibility index (Phi) is 10.3. The Balaban J connectivity index is 1.74. The van der Waals surface area contributed by atoms with E-state index in [4.69, 9.17) is 4.74 Å². The van der Waals surface area contributed by atoms with Crippen molar-refractivity contribution < 1.29 is 19.4 Å². The minimum atomic E-state index is -1.10. The molecule has 1 aliphatic heterocycles. The van der Waals surface area contributed by atoms with E-state index < -0.39 is 23.3 Å². The van der Waals surface area contributed by atoms with Gasteiger partial charge in [-0.15, -0.1) is 0 Å². The molecule has 1 saturated heterocycles. The van der Waals surface area contributed by atoms with Gasteiger partial charge >= 0.3 is 6.09 Å². The number of piperidine rings is 1. The molecule has 3 rings (SSSR count). The lowest BCUT2D eigenvalue weighted by Crippen LogP contribution is -2.62. The molecule has 1 heterocycles. The first-order chi connectivity index (χ1) is 17.7. The lowest BCUT2D eigenvalue weighted by molar-refractivity contribution is -0.131. The Morgan fingerprint density at radius 2 is 1.63 bits per heavy atom. The largest absolute Gasteiger partial charge is 0.444 e. The fourth-order valence-corrected chi connectivity index (χ4v) is 5.86. The number of benzene rings is 1. The molecule has 1 aromatic rings. The molecule has 0 unspecified atom stereocenters. The van der Waals surface area contributed by atoms with E-state index in [1.807, 2.05) is 71.9 Å². The molecule has 7 heteroatoms. The Morgan fingerprint density at radius 1 is 1.03 bits per heavy atom. The van der Waals surface area contributed by atoms with Gasteiger partial charge in [0, 0.05) is 18.6 Å². The van der Waals surface area contributed by atoms with E-state index in [0.717, 1.165) is 12.0 Å². The van der Waals surface area contributed by atoms with Gasteiger partial charge in [0.2, 0.25) is 5.91 Å². The fraction of sp³-hybridized carbons (Fsp3) is 0.742. The number of nitrogens with zero attached hydrogens (tertiary/aromatic N) is 1. The SMILES string of the molecule is CC(C)(C)NC(=O)[C@H](CC1CCCCC1)N1CCC(O)([C@H](Cc2ccccc2)NC(=O)OC(C)(C)C)CC1. The molecule has 0 spiro atoms. The summed E-state index contributed by atoms with van der Waals surface area (Å²) in [5.74, 6) is 0.654. The highest BCUT2D eigenvalue weighted by atomic mass is 16.6. The number of carbonyl (C=O) groups excluding carboxylic acids is 2. The number of amides is 2. The van der Waals surface area contributed by atoms with Gasteiger partial charge in [-0.2, -0.15) is 0 Å². The van der Waals surface area contributed by atoms with Crippen molar-refractivity contribution in [1.29, 1.82) is 0 Å². The summed E-state index contributed by atoms with van der Waals surface area (Å²) in [6.07, 6.45) is 7.97. The van der Waals surface area contributed by atoms with Gasteiger partial charge in [-0.3, -0.25) is 9.69 Å². The van der Waals surface area contributed by atoms with Crippen LogP contribution in [0.3, 0.4) is 0 Å². The van der Waals surface area contributed by atoms with Gasteiger partial charge in [0.1, 0.15) is 5.60 Å². The second kappa shape index (κ2) is 12.8. The third-order valence-corrected chi connectivity index (χ3v) is 7.81. The first-order valence-electron chi connectivity index (χ1n) is 14.6. The third kappa shape index (κ3) is 9.57. The van der Waals surface area contributed by atoms with Crippen LogP contribution in [0.1, 0.15) is 98.5 Å². The number of hydrogen-bond acceptors (Lipinski definition) is 5. The lowest BCUT2D eigenvalue weighted by atomic mass is 9.79. The molecule has 2 fully saturated rings. The molecule has 214 valence electrons. The molecule has 3 N–H and O–H groups in total. The normalized spacial score (nSPS) is 20.8. The molecule has 0 bridgehead atoms. The molecule has 0 aromatic heterocycles. The van der Waals surface area contributed by atoms with Crippen LogP contribution in [0, 0.1) is 5.92 Å². The average Bonchev–Trinajstić information content (AvgIpc) is 2.82. The van der Waals surface area contributed by atoms with Crippen molar-refractivity contribution in [3.8, 4) is 0 Å². The maximum absolute atomic E-state index is 13.5. The van der Waals surface area contributed by atoms with Crippen LogP contribution >= 0.6 is 0 Å². The topological polar surface area (TPSA) is 90.9 Å². The molecule has 2 aliphatic rings. The zero-order valence-electron chi connectivity index (χ0n) is 24.5. The fourth-order valence-electron chi connectivity index (χ4n) is 5.86. The first kappa shape index (κ1) is 30.4. The highest BCUT2D eigenvalue weighted by Gasteiger charge is 2.44. The van der Waals surface area contributed by atoms with E-state index in [-0.39, 0.29) is 17.5 Å². The van der Waals surface area contributed by atoms with Crippen LogP contribution in [0.4, 0.5) is 4.79 Å². The predicted molar refractivity (Wildman–Crippen MR) is 152 cm³/mol. The monoisotopic (exact) mass is 529 g/mol. The quantitative estimate of drug-likeness (QED) is 0.430. The summed E-state index contributed by atoms with van der Waals surface area (Å²) in [6, 6.07) is 9.22. The smallest absolute Gasteiger partial charge is 0.407 e. The zero-order chi connectivity index (χ0) is 28.0. The highest BCUT2D eigenvalue weighted by molar-refractivity contribution is 5.82. The van der Waals surface area contributed by atoms with Crippen LogP contribution < -0.4 is 10.6 Å². The Labute approximate surface area is 230 Å². The van der Waals surface area contributed by atoms with Gasteiger partial charge in [0.25, 0.3) is 0 Å². The standard InChI is InChI=1S/C31H51N3O4/c1-29(2,3)33-27(35)25(21-23-13-9-7-10-14-23)34-19-17-31(37,18-20-34)26(22-24-15-11-8-12-16-24)32-28(36)38-30(4,5)6/h8,11-12,15-16,23,25-26,37H,7,9-10,13-14,17-22H2,1-6H3,(H,32,36)(H,33,35)/t25-,26-/m0/s1. The van der Waals surface area contributed by atoms with Crippen molar-refractivity contribution in [3.63, 3.8) is 0 Å². The second-order valence-electron chi connectivity index (χ2n) is 13.5. The summed E-state index contributed by atoms with van der Waals surface area (Å²) in [7, 11) is 0. The number of rotatable bonds is 8. The van der Waals surface area contributed by atoms with Crippen LogP contribution in [-0.2, 0) is 16.0 Å². The average molecular weight is 530 g/mol. The van der Waals surface area contributed by atoms with Crippen LogP contribution in [0.25, 0.3) is 0 Å². The van der Waals surface area contributed by atoms with Crippen molar-refractivity contribution in [2.45, 2.75) is 128 Å². The summed E-state index contributed by atoms with van der Waals surface area (Å²) in [5.41, 5.74) is -0.973. The number of hydrogen-bond donors (Lipinski definition) is 3. The van der Waals surface area contributed by atoms with Gasteiger partial charge < -0.3 is 20.5 Å². The molecule has 1 aliphatic carbocycles. The van der Waals surface area contributed by atoms with E-state index in [0.29, 0.717) is 38.3 Å². The zero-order valence-corrected chi connectivity index (χ0v) is 24.5. The van der Waals surface area contributed by atoms with Gasteiger partial charge in [-0.25, -0.2) is 4.79 Å². The van der Waals surface area contributed by atoms with Crippen molar-refractivity contribution >= 4 is 12.0 Å². The Hall–Kier alpha value is -2.12. The molecular formula is C31H51N3O4. The van der Waals surface area contributed by atoms with Crippen molar-refractivity contribution in [2.24, 2.45) is 5.92 Å². The van der Waals surface area contributed by atoms with E-state index in [9.17, 15) is 14.7 Å². The maximum Gasteiger partial charge on any atom is 0.407 e. The summed E-state index contributed by atoms with van der Waals surface area (Å²) in [6.45, 7) is 12.8. The highest BCUT2D eigenvalue weighted by Crippen LogP contribution is 2.33. The third-order valence-electron chi connectivity index (χ3n) is 7.81. The molecular weight excluding hydrogens is 478 g/mol. The summed E-state index contributed by atoms with van der Waals surface area (Å²) in [5, 5.41) is 18.1. The van der Waals surface area contributed by atoms with Crippen LogP contribution in [-0.4, -0.2) is 63.9 Å². The Bertz CT molecular complexity index is 892. The van der Waals surface area contributed by atoms with Gasteiger partial charge in [-0.05, 0) is 78.7 Å². The minimum Gasteiger partial charge on any atom is -0.444 e. The van der Waals surface area contributed by atoms with E-state index in [1.165, 1.54) is 32.1 Å². The number of nitrogens with one attached hydrogen (secondary N) is 2. The van der Waals surface area contributed by atoms with Crippen molar-refractivity contribution in [1.82, 2.24) is 15.5 Å². The molecule has 38 heavy (non-hydrogen) atoms. The Morgan fingerprint density at radius 3 is 2.18 bits per heavy atom. The van der Waals surface area contributed by atoms with Crippen molar-refractivity contribution in [2.75, 3.05) is 13.1 Å². The van der Waals surface area contributed by atoms with E-state index in [1.54, 1.807) is 0 Å². The number of aliphatic hydroxyl groups is 1. The van der Waals surface area contributed by atoms with E-state index in [2.05, 4.69) is 15.5 Å². The first-order valence-corrected chi connectivity index (χ1v) is 14.6. The lowest BCUT2D eigenvalue weighted by Gasteiger charge is -2.46. The molecule has 1 saturated carbocycles. The summed E-state index contributed by atoms with van der Waals surface area (Å²) in [4.78, 5) is 28.5. The van der Waals surface area contributed by atoms with Gasteiger partial charge in [-0.1, -0.05) is 62.4 Å². The van der Waals surface area contributed by atoms with Crippen LogP contribution in [0.15, 0.2) is 30.3 Å². The van der Waals surface area contributed by atoms with Gasteiger partial charge in [0.05, 0.1) is 17.7 Å². The number of likely N-dealkylation sites (tertiary alicyclic amines) is 1.